The number of rotatable bonds is 4. The van der Waals surface area contributed by atoms with E-state index in [1.165, 1.54) is 0 Å². The molecule has 3 nitrogen and oxygen atoms in total. The lowest BCUT2D eigenvalue weighted by atomic mass is 10.1. The third-order valence-electron chi connectivity index (χ3n) is 2.91. The van der Waals surface area contributed by atoms with Crippen LogP contribution in [0.3, 0.4) is 0 Å². The van der Waals surface area contributed by atoms with Crippen molar-refractivity contribution in [3.8, 4) is 6.07 Å². The highest BCUT2D eigenvalue weighted by molar-refractivity contribution is 5.94. The fraction of sp³-hybridized carbons (Fsp3) is 0.200. The van der Waals surface area contributed by atoms with Crippen LogP contribution in [0.2, 0.25) is 0 Å². The van der Waals surface area contributed by atoms with Gasteiger partial charge in [-0.2, -0.15) is 5.26 Å². The van der Waals surface area contributed by atoms with Gasteiger partial charge in [-0.25, -0.2) is 0 Å². The monoisotopic (exact) mass is 237 g/mol. The summed E-state index contributed by atoms with van der Waals surface area (Å²) in [4.78, 5) is 6.45. The van der Waals surface area contributed by atoms with Gasteiger partial charge in [0.15, 0.2) is 0 Å². The number of nitriles is 1. The predicted molar refractivity (Wildman–Crippen MR) is 74.5 cm³/mol. The summed E-state index contributed by atoms with van der Waals surface area (Å²) in [5.74, 6) is 0. The average molecular weight is 237 g/mol. The number of aromatic nitrogens is 1. The molecule has 18 heavy (non-hydrogen) atoms. The van der Waals surface area contributed by atoms with Crippen LogP contribution in [0.1, 0.15) is 12.5 Å². The van der Waals surface area contributed by atoms with E-state index in [0.29, 0.717) is 5.56 Å². The van der Waals surface area contributed by atoms with Crippen LogP contribution >= 0.6 is 0 Å². The first-order valence-corrected chi connectivity index (χ1v) is 5.95. The molecule has 0 unspecified atom stereocenters. The highest BCUT2D eigenvalue weighted by Crippen LogP contribution is 2.28. The predicted octanol–water partition coefficient (Wildman–Crippen LogP) is 3.12. The van der Waals surface area contributed by atoms with E-state index in [9.17, 15) is 5.26 Å². The first kappa shape index (κ1) is 12.1. The fourth-order valence-corrected chi connectivity index (χ4v) is 2.08. The van der Waals surface area contributed by atoms with Crippen LogP contribution in [0.5, 0.6) is 0 Å². The first-order chi connectivity index (χ1) is 8.81. The molecule has 0 aliphatic carbocycles. The Balaban J connectivity index is 2.71. The normalized spacial score (nSPS) is 10.0. The van der Waals surface area contributed by atoms with Gasteiger partial charge >= 0.3 is 0 Å². The number of hydrogen-bond donors (Lipinski definition) is 0. The van der Waals surface area contributed by atoms with Crippen LogP contribution < -0.4 is 4.90 Å². The average Bonchev–Trinajstić information content (AvgIpc) is 2.43. The summed E-state index contributed by atoms with van der Waals surface area (Å²) in [7, 11) is 0. The molecule has 0 amide bonds. The maximum atomic E-state index is 9.25. The van der Waals surface area contributed by atoms with Crippen molar-refractivity contribution in [3.05, 3.63) is 48.7 Å². The second-order valence-corrected chi connectivity index (χ2v) is 3.98. The molecule has 1 heterocycles. The number of pyridine rings is 1. The molecule has 0 aliphatic rings. The van der Waals surface area contributed by atoms with Crippen molar-refractivity contribution in [2.24, 2.45) is 0 Å². The SMILES string of the molecule is C=CCN(CC)c1c(C#N)cnc2ccccc12. The molecule has 2 rings (SSSR count). The number of para-hydroxylation sites is 1. The third-order valence-corrected chi connectivity index (χ3v) is 2.91. The standard InChI is InChI=1S/C15H15N3/c1-3-9-18(4-2)15-12(10-16)11-17-14-8-6-5-7-13(14)15/h3,5-8,11H,1,4,9H2,2H3. The minimum atomic E-state index is 0.609. The fourth-order valence-electron chi connectivity index (χ4n) is 2.08. The number of hydrogen-bond acceptors (Lipinski definition) is 3. The van der Waals surface area contributed by atoms with Crippen LogP contribution in [0.4, 0.5) is 5.69 Å². The molecule has 2 aromatic rings. The van der Waals surface area contributed by atoms with Crippen molar-refractivity contribution in [1.29, 1.82) is 5.26 Å². The van der Waals surface area contributed by atoms with E-state index in [2.05, 4.69) is 29.5 Å². The summed E-state index contributed by atoms with van der Waals surface area (Å²) in [5.41, 5.74) is 2.47. The van der Waals surface area contributed by atoms with Gasteiger partial charge in [0.2, 0.25) is 0 Å². The van der Waals surface area contributed by atoms with E-state index < -0.39 is 0 Å². The molecule has 1 aromatic heterocycles. The summed E-state index contributed by atoms with van der Waals surface area (Å²) < 4.78 is 0. The van der Waals surface area contributed by atoms with Gasteiger partial charge in [-0.1, -0.05) is 24.3 Å². The summed E-state index contributed by atoms with van der Waals surface area (Å²) in [6.07, 6.45) is 3.49. The second-order valence-electron chi connectivity index (χ2n) is 3.98. The molecule has 1 aromatic carbocycles. The van der Waals surface area contributed by atoms with E-state index in [4.69, 9.17) is 0 Å². The van der Waals surface area contributed by atoms with Crippen LogP contribution in [0.25, 0.3) is 10.9 Å². The van der Waals surface area contributed by atoms with E-state index in [0.717, 1.165) is 29.7 Å². The van der Waals surface area contributed by atoms with Gasteiger partial charge in [0.25, 0.3) is 0 Å². The zero-order valence-corrected chi connectivity index (χ0v) is 10.4. The Morgan fingerprint density at radius 2 is 2.22 bits per heavy atom. The van der Waals surface area contributed by atoms with Gasteiger partial charge in [-0.05, 0) is 13.0 Å². The van der Waals surface area contributed by atoms with Gasteiger partial charge in [0.1, 0.15) is 6.07 Å². The zero-order chi connectivity index (χ0) is 13.0. The van der Waals surface area contributed by atoms with Gasteiger partial charge < -0.3 is 4.90 Å². The number of fused-ring (bicyclic) bond motifs is 1. The van der Waals surface area contributed by atoms with Gasteiger partial charge in [-0.3, -0.25) is 4.98 Å². The lowest BCUT2D eigenvalue weighted by Gasteiger charge is -2.23. The van der Waals surface area contributed by atoms with E-state index in [-0.39, 0.29) is 0 Å². The molecule has 0 N–H and O–H groups in total. The largest absolute Gasteiger partial charge is 0.366 e. The van der Waals surface area contributed by atoms with Crippen LogP contribution in [-0.4, -0.2) is 18.1 Å². The Morgan fingerprint density at radius 3 is 2.89 bits per heavy atom. The van der Waals surface area contributed by atoms with Crippen molar-refractivity contribution >= 4 is 16.6 Å². The molecule has 0 bridgehead atoms. The zero-order valence-electron chi connectivity index (χ0n) is 10.4. The van der Waals surface area contributed by atoms with Gasteiger partial charge in [-0.15, -0.1) is 6.58 Å². The second kappa shape index (κ2) is 5.33. The van der Waals surface area contributed by atoms with E-state index >= 15 is 0 Å². The summed E-state index contributed by atoms with van der Waals surface area (Å²) in [5, 5.41) is 10.3. The van der Waals surface area contributed by atoms with E-state index in [1.54, 1.807) is 6.20 Å². The highest BCUT2D eigenvalue weighted by Gasteiger charge is 2.13. The Morgan fingerprint density at radius 1 is 1.44 bits per heavy atom. The maximum Gasteiger partial charge on any atom is 0.103 e. The van der Waals surface area contributed by atoms with Crippen LogP contribution in [0.15, 0.2) is 43.1 Å². The molecule has 0 radical (unpaired) electrons. The van der Waals surface area contributed by atoms with Gasteiger partial charge in [0.05, 0.1) is 16.8 Å². The van der Waals surface area contributed by atoms with Gasteiger partial charge in [0, 0.05) is 24.7 Å². The molecular weight excluding hydrogens is 222 g/mol. The molecule has 0 saturated heterocycles. The topological polar surface area (TPSA) is 39.9 Å². The quantitative estimate of drug-likeness (QED) is 0.767. The Kier molecular flexibility index (Phi) is 3.59. The third kappa shape index (κ3) is 2.05. The van der Waals surface area contributed by atoms with Crippen molar-refractivity contribution in [1.82, 2.24) is 4.98 Å². The molecule has 0 fully saturated rings. The van der Waals surface area contributed by atoms with Crippen molar-refractivity contribution < 1.29 is 0 Å². The molecule has 0 atom stereocenters. The molecule has 0 spiro atoms. The Hall–Kier alpha value is -2.34. The summed E-state index contributed by atoms with van der Waals surface area (Å²) in [6.45, 7) is 7.39. The van der Waals surface area contributed by atoms with Crippen LogP contribution in [-0.2, 0) is 0 Å². The lowest BCUT2D eigenvalue weighted by molar-refractivity contribution is 0.908. The summed E-state index contributed by atoms with van der Waals surface area (Å²) >= 11 is 0. The maximum absolute atomic E-state index is 9.25. The summed E-state index contributed by atoms with van der Waals surface area (Å²) in [6, 6.07) is 10.1. The molecule has 90 valence electrons. The number of benzene rings is 1. The number of nitrogens with zero attached hydrogens (tertiary/aromatic N) is 3. The Bertz CT molecular complexity index is 611. The molecule has 0 saturated carbocycles. The van der Waals surface area contributed by atoms with Crippen molar-refractivity contribution in [2.75, 3.05) is 18.0 Å². The number of likely N-dealkylation sites (N-methyl/N-ethyl adjacent to an activating group) is 1. The molecule has 0 aliphatic heterocycles. The smallest absolute Gasteiger partial charge is 0.103 e. The minimum Gasteiger partial charge on any atom is -0.366 e. The number of anilines is 1. The molecule has 3 heteroatoms. The highest BCUT2D eigenvalue weighted by atomic mass is 15.1. The minimum absolute atomic E-state index is 0.609. The van der Waals surface area contributed by atoms with Crippen molar-refractivity contribution in [3.63, 3.8) is 0 Å². The lowest BCUT2D eigenvalue weighted by Crippen LogP contribution is -2.23. The van der Waals surface area contributed by atoms with Crippen LogP contribution in [0, 0.1) is 11.3 Å². The van der Waals surface area contributed by atoms with E-state index in [1.807, 2.05) is 30.3 Å². The van der Waals surface area contributed by atoms with Crippen molar-refractivity contribution in [2.45, 2.75) is 6.92 Å². The first-order valence-electron chi connectivity index (χ1n) is 5.95. The Labute approximate surface area is 107 Å². The molecular formula is C15H15N3.